The Hall–Kier alpha value is -1.68. The largest absolute Gasteiger partial charge is 0.370 e. The van der Waals surface area contributed by atoms with Gasteiger partial charge in [-0.25, -0.2) is 4.68 Å². The third kappa shape index (κ3) is 3.12. The standard InChI is InChI=1S/C19H16Cl3N3/c20-12-7-9-13(10-8-12)25-19-14(4-1-2-11-23-19)18(24-25)17-15(21)5-3-6-16(17)22/h3,5-10,23H,1-2,4,11H2. The van der Waals surface area contributed by atoms with E-state index >= 15 is 0 Å². The normalized spacial score (nSPS) is 13.9. The van der Waals surface area contributed by atoms with Crippen LogP contribution in [0.5, 0.6) is 0 Å². The molecule has 3 nitrogen and oxygen atoms in total. The molecule has 128 valence electrons. The number of halogens is 3. The van der Waals surface area contributed by atoms with Crippen LogP contribution in [0.15, 0.2) is 42.5 Å². The number of rotatable bonds is 2. The second kappa shape index (κ2) is 6.91. The molecule has 1 aromatic heterocycles. The van der Waals surface area contributed by atoms with Gasteiger partial charge in [0.1, 0.15) is 11.5 Å². The summed E-state index contributed by atoms with van der Waals surface area (Å²) >= 11 is 18.9. The van der Waals surface area contributed by atoms with E-state index in [0.717, 1.165) is 54.1 Å². The van der Waals surface area contributed by atoms with E-state index in [0.29, 0.717) is 15.1 Å². The number of nitrogens with one attached hydrogen (secondary N) is 1. The van der Waals surface area contributed by atoms with Crippen molar-refractivity contribution >= 4 is 40.6 Å². The number of anilines is 1. The number of benzene rings is 2. The van der Waals surface area contributed by atoms with Gasteiger partial charge in [0, 0.05) is 22.7 Å². The Morgan fingerprint density at radius 3 is 2.36 bits per heavy atom. The highest BCUT2D eigenvalue weighted by Gasteiger charge is 2.24. The van der Waals surface area contributed by atoms with E-state index < -0.39 is 0 Å². The zero-order valence-electron chi connectivity index (χ0n) is 13.4. The molecule has 0 saturated carbocycles. The number of fused-ring (bicyclic) bond motifs is 1. The van der Waals surface area contributed by atoms with E-state index in [1.165, 1.54) is 0 Å². The molecule has 1 aliphatic heterocycles. The van der Waals surface area contributed by atoms with Crippen LogP contribution in [0.4, 0.5) is 5.82 Å². The predicted octanol–water partition coefficient (Wildman–Crippen LogP) is 6.25. The van der Waals surface area contributed by atoms with E-state index in [-0.39, 0.29) is 0 Å². The van der Waals surface area contributed by atoms with Crippen LogP contribution in [-0.4, -0.2) is 16.3 Å². The smallest absolute Gasteiger partial charge is 0.133 e. The number of nitrogens with zero attached hydrogens (tertiary/aromatic N) is 2. The minimum absolute atomic E-state index is 0.611. The molecule has 0 radical (unpaired) electrons. The molecule has 4 rings (SSSR count). The Morgan fingerprint density at radius 1 is 0.920 bits per heavy atom. The van der Waals surface area contributed by atoms with Crippen LogP contribution in [0.1, 0.15) is 18.4 Å². The minimum atomic E-state index is 0.611. The fourth-order valence-corrected chi connectivity index (χ4v) is 3.90. The molecule has 0 spiro atoms. The second-order valence-corrected chi connectivity index (χ2v) is 7.30. The lowest BCUT2D eigenvalue weighted by atomic mass is 10.0. The van der Waals surface area contributed by atoms with E-state index in [1.54, 1.807) is 0 Å². The summed E-state index contributed by atoms with van der Waals surface area (Å²) in [5.74, 6) is 1.01. The van der Waals surface area contributed by atoms with E-state index in [1.807, 2.05) is 47.1 Å². The summed E-state index contributed by atoms with van der Waals surface area (Å²) in [5.41, 5.74) is 3.74. The van der Waals surface area contributed by atoms with Crippen LogP contribution in [0.2, 0.25) is 15.1 Å². The van der Waals surface area contributed by atoms with Crippen molar-refractivity contribution in [3.63, 3.8) is 0 Å². The molecular weight excluding hydrogens is 377 g/mol. The van der Waals surface area contributed by atoms with Gasteiger partial charge in [-0.05, 0) is 55.7 Å². The molecule has 0 aliphatic carbocycles. The Labute approximate surface area is 161 Å². The van der Waals surface area contributed by atoms with Crippen molar-refractivity contribution in [1.82, 2.24) is 9.78 Å². The summed E-state index contributed by atoms with van der Waals surface area (Å²) in [6.07, 6.45) is 3.15. The first-order valence-corrected chi connectivity index (χ1v) is 9.34. The summed E-state index contributed by atoms with van der Waals surface area (Å²) in [6, 6.07) is 13.2. The summed E-state index contributed by atoms with van der Waals surface area (Å²) in [7, 11) is 0. The maximum Gasteiger partial charge on any atom is 0.133 e. The van der Waals surface area contributed by atoms with Crippen LogP contribution in [0.3, 0.4) is 0 Å². The number of hydrogen-bond donors (Lipinski definition) is 1. The average Bonchev–Trinajstić information content (AvgIpc) is 2.78. The van der Waals surface area contributed by atoms with Gasteiger partial charge in [-0.2, -0.15) is 5.10 Å². The molecule has 6 heteroatoms. The number of aromatic nitrogens is 2. The molecule has 1 N–H and O–H groups in total. The van der Waals surface area contributed by atoms with Crippen molar-refractivity contribution in [1.29, 1.82) is 0 Å². The van der Waals surface area contributed by atoms with Crippen molar-refractivity contribution in [3.05, 3.63) is 63.1 Å². The minimum Gasteiger partial charge on any atom is -0.370 e. The molecule has 1 aliphatic rings. The molecule has 2 heterocycles. The highest BCUT2D eigenvalue weighted by Crippen LogP contribution is 2.40. The first kappa shape index (κ1) is 16.8. The van der Waals surface area contributed by atoms with Crippen molar-refractivity contribution in [2.75, 3.05) is 11.9 Å². The van der Waals surface area contributed by atoms with Crippen molar-refractivity contribution < 1.29 is 0 Å². The first-order valence-electron chi connectivity index (χ1n) is 8.21. The molecule has 2 aromatic carbocycles. The maximum atomic E-state index is 6.45. The zero-order valence-corrected chi connectivity index (χ0v) is 15.7. The maximum absolute atomic E-state index is 6.45. The Morgan fingerprint density at radius 2 is 1.64 bits per heavy atom. The van der Waals surface area contributed by atoms with Crippen LogP contribution in [0.25, 0.3) is 16.9 Å². The van der Waals surface area contributed by atoms with E-state index in [9.17, 15) is 0 Å². The van der Waals surface area contributed by atoms with E-state index in [2.05, 4.69) is 5.32 Å². The molecule has 0 atom stereocenters. The van der Waals surface area contributed by atoms with Gasteiger partial charge in [0.05, 0.1) is 15.7 Å². The summed E-state index contributed by atoms with van der Waals surface area (Å²) in [4.78, 5) is 0. The molecule has 0 bridgehead atoms. The van der Waals surface area contributed by atoms with Gasteiger partial charge < -0.3 is 5.32 Å². The summed E-state index contributed by atoms with van der Waals surface area (Å²) in [6.45, 7) is 0.919. The average molecular weight is 393 g/mol. The van der Waals surface area contributed by atoms with Gasteiger partial charge in [0.15, 0.2) is 0 Å². The summed E-state index contributed by atoms with van der Waals surface area (Å²) in [5, 5.41) is 10.3. The highest BCUT2D eigenvalue weighted by atomic mass is 35.5. The fourth-order valence-electron chi connectivity index (χ4n) is 3.20. The van der Waals surface area contributed by atoms with E-state index in [4.69, 9.17) is 39.9 Å². The highest BCUT2D eigenvalue weighted by molar-refractivity contribution is 6.39. The lowest BCUT2D eigenvalue weighted by Gasteiger charge is -2.09. The fraction of sp³-hybridized carbons (Fsp3) is 0.211. The zero-order chi connectivity index (χ0) is 17.4. The monoisotopic (exact) mass is 391 g/mol. The lowest BCUT2D eigenvalue weighted by molar-refractivity contribution is 0.780. The molecule has 25 heavy (non-hydrogen) atoms. The first-order chi connectivity index (χ1) is 12.1. The Kier molecular flexibility index (Phi) is 4.63. The van der Waals surface area contributed by atoms with Gasteiger partial charge >= 0.3 is 0 Å². The van der Waals surface area contributed by atoms with Gasteiger partial charge in [-0.1, -0.05) is 40.9 Å². The third-order valence-electron chi connectivity index (χ3n) is 4.40. The van der Waals surface area contributed by atoms with Gasteiger partial charge in [-0.15, -0.1) is 0 Å². The molecule has 0 saturated heterocycles. The predicted molar refractivity (Wildman–Crippen MR) is 105 cm³/mol. The number of hydrogen-bond acceptors (Lipinski definition) is 2. The SMILES string of the molecule is Clc1ccc(-n2nc(-c3c(Cl)cccc3Cl)c3c2NCCCC3)cc1. The summed E-state index contributed by atoms with van der Waals surface area (Å²) < 4.78 is 1.92. The Balaban J connectivity index is 1.95. The van der Waals surface area contributed by atoms with Gasteiger partial charge in [0.25, 0.3) is 0 Å². The van der Waals surface area contributed by atoms with Crippen LogP contribution >= 0.6 is 34.8 Å². The van der Waals surface area contributed by atoms with Gasteiger partial charge in [0.2, 0.25) is 0 Å². The van der Waals surface area contributed by atoms with Crippen LogP contribution in [0, 0.1) is 0 Å². The van der Waals surface area contributed by atoms with Gasteiger partial charge in [-0.3, -0.25) is 0 Å². The Bertz CT molecular complexity index is 896. The third-order valence-corrected chi connectivity index (χ3v) is 5.28. The topological polar surface area (TPSA) is 29.9 Å². The van der Waals surface area contributed by atoms with Crippen LogP contribution in [-0.2, 0) is 6.42 Å². The van der Waals surface area contributed by atoms with Crippen molar-refractivity contribution in [3.8, 4) is 16.9 Å². The quantitative estimate of drug-likeness (QED) is 0.559. The second-order valence-electron chi connectivity index (χ2n) is 6.04. The van der Waals surface area contributed by atoms with Crippen molar-refractivity contribution in [2.45, 2.75) is 19.3 Å². The molecule has 0 amide bonds. The molecule has 0 fully saturated rings. The van der Waals surface area contributed by atoms with Crippen molar-refractivity contribution in [2.24, 2.45) is 0 Å². The molecule has 3 aromatic rings. The lowest BCUT2D eigenvalue weighted by Crippen LogP contribution is -2.07. The molecule has 0 unspecified atom stereocenters. The molecular formula is C19H16Cl3N3. The van der Waals surface area contributed by atoms with Crippen LogP contribution < -0.4 is 5.32 Å².